The maximum Gasteiger partial charge on any atom is 0.416 e. The van der Waals surface area contributed by atoms with Crippen LogP contribution in [0.5, 0.6) is 5.75 Å². The lowest BCUT2D eigenvalue weighted by Gasteiger charge is -2.41. The van der Waals surface area contributed by atoms with Crippen LogP contribution in [0, 0.1) is 5.82 Å². The van der Waals surface area contributed by atoms with Crippen LogP contribution < -0.4 is 10.1 Å². The molecular weight excluding hydrogens is 430 g/mol. The van der Waals surface area contributed by atoms with Gasteiger partial charge >= 0.3 is 12.8 Å². The number of aromatic nitrogens is 3. The van der Waals surface area contributed by atoms with Gasteiger partial charge < -0.3 is 15.2 Å². The highest BCUT2D eigenvalue weighted by atomic mass is 19.4. The standard InChI is InChI=1S/C19H16F6N4O2/c1-18(30)7-10(8-18)26-17-28-27-14(15-12(20)4-5-29(15)17)11-3-2-9(19(23,24)25)6-13(11)31-16(21)22/h2-6,10,16,30H,7-8H2,1H3,(H,26,28). The first-order chi connectivity index (χ1) is 14.4. The fourth-order valence-electron chi connectivity index (χ4n) is 3.66. The second-order valence-electron chi connectivity index (χ2n) is 7.59. The van der Waals surface area contributed by atoms with E-state index in [9.17, 15) is 31.4 Å². The van der Waals surface area contributed by atoms with Crippen molar-refractivity contribution in [2.75, 3.05) is 5.32 Å². The number of anilines is 1. The third-order valence-corrected chi connectivity index (χ3v) is 5.02. The molecule has 4 rings (SSSR count). The third-order valence-electron chi connectivity index (χ3n) is 5.02. The van der Waals surface area contributed by atoms with Crippen molar-refractivity contribution in [3.8, 4) is 17.0 Å². The van der Waals surface area contributed by atoms with Gasteiger partial charge in [-0.05, 0) is 44.0 Å². The molecule has 6 nitrogen and oxygen atoms in total. The predicted molar refractivity (Wildman–Crippen MR) is 97.3 cm³/mol. The van der Waals surface area contributed by atoms with Crippen LogP contribution in [-0.2, 0) is 6.18 Å². The predicted octanol–water partition coefficient (Wildman–Crippen LogP) is 4.48. The SMILES string of the molecule is CC1(O)CC(Nc2nnc(-c3ccc(C(F)(F)F)cc3OC(F)F)c3c(F)ccn23)C1. The summed E-state index contributed by atoms with van der Waals surface area (Å²) in [5.41, 5.74) is -2.75. The highest BCUT2D eigenvalue weighted by molar-refractivity contribution is 5.82. The van der Waals surface area contributed by atoms with Gasteiger partial charge in [-0.3, -0.25) is 4.40 Å². The zero-order valence-electron chi connectivity index (χ0n) is 15.9. The molecular formula is C19H16F6N4O2. The topological polar surface area (TPSA) is 71.7 Å². The Hall–Kier alpha value is -3.02. The van der Waals surface area contributed by atoms with Crippen molar-refractivity contribution >= 4 is 11.5 Å². The van der Waals surface area contributed by atoms with E-state index >= 15 is 0 Å². The zero-order valence-corrected chi connectivity index (χ0v) is 15.9. The van der Waals surface area contributed by atoms with Crippen LogP contribution in [0.4, 0.5) is 32.3 Å². The van der Waals surface area contributed by atoms with E-state index in [1.807, 2.05) is 0 Å². The number of benzene rings is 1. The van der Waals surface area contributed by atoms with Crippen LogP contribution in [-0.4, -0.2) is 38.0 Å². The summed E-state index contributed by atoms with van der Waals surface area (Å²) >= 11 is 0. The summed E-state index contributed by atoms with van der Waals surface area (Å²) in [6.07, 6.45) is -2.63. The Bertz CT molecular complexity index is 1120. The largest absolute Gasteiger partial charge is 0.434 e. The van der Waals surface area contributed by atoms with Crippen LogP contribution in [0.15, 0.2) is 30.5 Å². The molecule has 1 saturated carbocycles. The molecule has 2 heterocycles. The Morgan fingerprint density at radius 3 is 2.55 bits per heavy atom. The molecule has 0 bridgehead atoms. The van der Waals surface area contributed by atoms with Gasteiger partial charge in [0.25, 0.3) is 0 Å². The van der Waals surface area contributed by atoms with E-state index < -0.39 is 35.5 Å². The number of fused-ring (bicyclic) bond motifs is 1. The minimum atomic E-state index is -4.79. The number of alkyl halides is 5. The molecule has 0 radical (unpaired) electrons. The summed E-state index contributed by atoms with van der Waals surface area (Å²) in [5, 5.41) is 20.7. The van der Waals surface area contributed by atoms with Crippen molar-refractivity contribution in [3.05, 3.63) is 41.8 Å². The van der Waals surface area contributed by atoms with Crippen molar-refractivity contribution in [2.24, 2.45) is 0 Å². The molecule has 0 spiro atoms. The molecule has 0 saturated heterocycles. The quantitative estimate of drug-likeness (QED) is 0.566. The van der Waals surface area contributed by atoms with Crippen molar-refractivity contribution in [2.45, 2.75) is 44.2 Å². The number of hydrogen-bond acceptors (Lipinski definition) is 5. The number of aliphatic hydroxyl groups is 1. The van der Waals surface area contributed by atoms with Crippen LogP contribution in [0.3, 0.4) is 0 Å². The fourth-order valence-corrected chi connectivity index (χ4v) is 3.66. The van der Waals surface area contributed by atoms with Crippen LogP contribution >= 0.6 is 0 Å². The lowest BCUT2D eigenvalue weighted by molar-refractivity contribution is -0.138. The van der Waals surface area contributed by atoms with Gasteiger partial charge in [-0.2, -0.15) is 22.0 Å². The Morgan fingerprint density at radius 1 is 1.23 bits per heavy atom. The maximum absolute atomic E-state index is 14.6. The summed E-state index contributed by atoms with van der Waals surface area (Å²) in [7, 11) is 0. The molecule has 166 valence electrons. The number of nitrogens with one attached hydrogen (secondary N) is 1. The first kappa shape index (κ1) is 21.2. The monoisotopic (exact) mass is 446 g/mol. The number of hydrogen-bond donors (Lipinski definition) is 2. The van der Waals surface area contributed by atoms with Crippen LogP contribution in [0.25, 0.3) is 16.8 Å². The molecule has 1 aliphatic carbocycles. The number of ether oxygens (including phenoxy) is 1. The van der Waals surface area contributed by atoms with Gasteiger partial charge in [0, 0.05) is 17.8 Å². The molecule has 3 aromatic rings. The number of nitrogens with zero attached hydrogens (tertiary/aromatic N) is 3. The van der Waals surface area contributed by atoms with Gasteiger partial charge in [-0.15, -0.1) is 10.2 Å². The van der Waals surface area contributed by atoms with Gasteiger partial charge in [0.05, 0.1) is 11.2 Å². The van der Waals surface area contributed by atoms with E-state index in [2.05, 4.69) is 20.3 Å². The molecule has 0 atom stereocenters. The van der Waals surface area contributed by atoms with Gasteiger partial charge in [0.1, 0.15) is 17.0 Å². The van der Waals surface area contributed by atoms with E-state index in [1.54, 1.807) is 6.92 Å². The lowest BCUT2D eigenvalue weighted by atomic mass is 9.77. The lowest BCUT2D eigenvalue weighted by Crippen LogP contribution is -2.48. The van der Waals surface area contributed by atoms with E-state index in [0.29, 0.717) is 25.0 Å². The normalized spacial score (nSPS) is 21.4. The van der Waals surface area contributed by atoms with Gasteiger partial charge in [0.15, 0.2) is 5.82 Å². The Labute approximate surface area is 171 Å². The molecule has 1 aliphatic rings. The smallest absolute Gasteiger partial charge is 0.416 e. The highest BCUT2D eigenvalue weighted by Gasteiger charge is 2.39. The molecule has 1 aromatic carbocycles. The summed E-state index contributed by atoms with van der Waals surface area (Å²) in [5.74, 6) is -1.46. The Morgan fingerprint density at radius 2 is 1.94 bits per heavy atom. The van der Waals surface area contributed by atoms with Crippen molar-refractivity contribution in [1.82, 2.24) is 14.6 Å². The molecule has 0 aliphatic heterocycles. The second kappa shape index (κ2) is 7.29. The average Bonchev–Trinajstić information content (AvgIpc) is 3.02. The van der Waals surface area contributed by atoms with Gasteiger partial charge in [0.2, 0.25) is 5.95 Å². The molecule has 1 fully saturated rings. The third kappa shape index (κ3) is 4.11. The van der Waals surface area contributed by atoms with Crippen LogP contribution in [0.2, 0.25) is 0 Å². The number of halogens is 6. The van der Waals surface area contributed by atoms with Crippen LogP contribution in [0.1, 0.15) is 25.3 Å². The van der Waals surface area contributed by atoms with E-state index in [4.69, 9.17) is 0 Å². The number of rotatable bonds is 5. The van der Waals surface area contributed by atoms with Crippen molar-refractivity contribution in [1.29, 1.82) is 0 Å². The summed E-state index contributed by atoms with van der Waals surface area (Å²) < 4.78 is 84.8. The molecule has 2 aromatic heterocycles. The van der Waals surface area contributed by atoms with Gasteiger partial charge in [-0.25, -0.2) is 4.39 Å². The molecule has 12 heteroatoms. The Balaban J connectivity index is 1.80. The molecule has 0 amide bonds. The van der Waals surface area contributed by atoms with E-state index in [-0.39, 0.29) is 28.8 Å². The molecule has 0 unspecified atom stereocenters. The summed E-state index contributed by atoms with van der Waals surface area (Å²) in [4.78, 5) is 0. The fraction of sp³-hybridized carbons (Fsp3) is 0.368. The minimum absolute atomic E-state index is 0.131. The summed E-state index contributed by atoms with van der Waals surface area (Å²) in [6, 6.07) is 2.89. The first-order valence-corrected chi connectivity index (χ1v) is 9.13. The molecule has 31 heavy (non-hydrogen) atoms. The minimum Gasteiger partial charge on any atom is -0.434 e. The maximum atomic E-state index is 14.6. The second-order valence-corrected chi connectivity index (χ2v) is 7.59. The first-order valence-electron chi connectivity index (χ1n) is 9.13. The van der Waals surface area contributed by atoms with Crippen molar-refractivity contribution in [3.63, 3.8) is 0 Å². The average molecular weight is 446 g/mol. The van der Waals surface area contributed by atoms with E-state index in [0.717, 1.165) is 12.1 Å². The van der Waals surface area contributed by atoms with Gasteiger partial charge in [-0.1, -0.05) is 0 Å². The summed E-state index contributed by atoms with van der Waals surface area (Å²) in [6.45, 7) is -1.74. The van der Waals surface area contributed by atoms with Crippen molar-refractivity contribution < 1.29 is 36.2 Å². The highest BCUT2D eigenvalue weighted by Crippen LogP contribution is 2.39. The molecule has 2 N–H and O–H groups in total. The Kier molecular flexibility index (Phi) is 4.99. The van der Waals surface area contributed by atoms with E-state index in [1.165, 1.54) is 10.6 Å². The zero-order chi connectivity index (χ0) is 22.6.